The molecule has 4 aromatic rings. The van der Waals surface area contributed by atoms with Gasteiger partial charge in [-0.15, -0.1) is 10.2 Å². The van der Waals surface area contributed by atoms with Crippen molar-refractivity contribution in [1.82, 2.24) is 14.9 Å². The molecule has 0 unspecified atom stereocenters. The van der Waals surface area contributed by atoms with Gasteiger partial charge in [0.15, 0.2) is 5.82 Å². The summed E-state index contributed by atoms with van der Waals surface area (Å²) >= 11 is 1.63. The number of rotatable bonds is 6. The fourth-order valence-corrected chi connectivity index (χ4v) is 3.99. The smallest absolute Gasteiger partial charge is 0.187 e. The molecule has 0 amide bonds. The summed E-state index contributed by atoms with van der Waals surface area (Å²) in [6.45, 7) is 6.65. The topological polar surface area (TPSA) is 43.1 Å². The Morgan fingerprint density at radius 1 is 0.839 bits per heavy atom. The predicted octanol–water partition coefficient (Wildman–Crippen LogP) is 6.42. The fraction of sp³-hybridized carbons (Fsp3) is 0.192. The Bertz CT molecular complexity index is 1140. The summed E-state index contributed by atoms with van der Waals surface area (Å²) in [4.78, 5) is 0. The van der Waals surface area contributed by atoms with Crippen LogP contribution in [0.4, 0.5) is 0 Å². The summed E-state index contributed by atoms with van der Waals surface area (Å²) in [6, 6.07) is 28.9. The molecule has 0 spiro atoms. The quantitative estimate of drug-likeness (QED) is 0.264. The molecular formula is C26H26N4S. The van der Waals surface area contributed by atoms with Gasteiger partial charge in [-0.25, -0.2) is 0 Å². The second-order valence-corrected chi connectivity index (χ2v) is 9.32. The molecule has 4 rings (SSSR count). The van der Waals surface area contributed by atoms with Crippen molar-refractivity contribution in [3.8, 4) is 11.4 Å². The van der Waals surface area contributed by atoms with Crippen LogP contribution in [0.2, 0.25) is 0 Å². The molecule has 0 atom stereocenters. The highest BCUT2D eigenvalue weighted by Crippen LogP contribution is 2.26. The van der Waals surface area contributed by atoms with Crippen molar-refractivity contribution >= 4 is 18.0 Å². The first kappa shape index (κ1) is 21.1. The number of hydrogen-bond acceptors (Lipinski definition) is 4. The molecule has 0 N–H and O–H groups in total. The van der Waals surface area contributed by atoms with Crippen LogP contribution in [0.3, 0.4) is 0 Å². The molecule has 0 bridgehead atoms. The van der Waals surface area contributed by atoms with Crippen LogP contribution in [0.25, 0.3) is 11.4 Å². The van der Waals surface area contributed by atoms with Crippen LogP contribution in [0.1, 0.15) is 37.5 Å². The molecular weight excluding hydrogens is 400 g/mol. The zero-order chi connectivity index (χ0) is 21.7. The molecule has 0 fully saturated rings. The average molecular weight is 427 g/mol. The van der Waals surface area contributed by atoms with E-state index >= 15 is 0 Å². The Kier molecular flexibility index (Phi) is 6.33. The molecule has 3 aromatic carbocycles. The molecule has 1 heterocycles. The van der Waals surface area contributed by atoms with E-state index in [4.69, 9.17) is 5.10 Å². The third-order valence-electron chi connectivity index (χ3n) is 4.95. The van der Waals surface area contributed by atoms with E-state index in [1.807, 2.05) is 47.3 Å². The minimum atomic E-state index is 0.131. The van der Waals surface area contributed by atoms with Gasteiger partial charge in [-0.3, -0.25) is 0 Å². The third kappa shape index (κ3) is 5.30. The molecule has 0 radical (unpaired) electrons. The van der Waals surface area contributed by atoms with E-state index in [1.165, 1.54) is 11.1 Å². The maximum Gasteiger partial charge on any atom is 0.212 e. The van der Waals surface area contributed by atoms with Crippen LogP contribution in [0, 0.1) is 0 Å². The van der Waals surface area contributed by atoms with Gasteiger partial charge >= 0.3 is 0 Å². The molecule has 0 saturated heterocycles. The van der Waals surface area contributed by atoms with Gasteiger partial charge in [0.1, 0.15) is 0 Å². The number of nitrogens with zero attached hydrogens (tertiary/aromatic N) is 4. The summed E-state index contributed by atoms with van der Waals surface area (Å²) in [5.41, 5.74) is 4.70. The van der Waals surface area contributed by atoms with E-state index in [-0.39, 0.29) is 5.41 Å². The number of thioether (sulfide) groups is 1. The molecule has 31 heavy (non-hydrogen) atoms. The van der Waals surface area contributed by atoms with Gasteiger partial charge in [-0.05, 0) is 22.1 Å². The Balaban J connectivity index is 1.63. The molecule has 0 aliphatic heterocycles. The minimum absolute atomic E-state index is 0.131. The van der Waals surface area contributed by atoms with Crippen molar-refractivity contribution in [2.45, 2.75) is 37.1 Å². The first-order valence-electron chi connectivity index (χ1n) is 10.3. The normalized spacial score (nSPS) is 11.8. The van der Waals surface area contributed by atoms with Gasteiger partial charge in [0, 0.05) is 11.3 Å². The largest absolute Gasteiger partial charge is 0.212 e. The summed E-state index contributed by atoms with van der Waals surface area (Å²) in [6.07, 6.45) is 1.87. The molecule has 0 aliphatic carbocycles. The lowest BCUT2D eigenvalue weighted by Crippen LogP contribution is -2.10. The highest BCUT2D eigenvalue weighted by Gasteiger charge is 2.15. The first-order valence-corrected chi connectivity index (χ1v) is 11.3. The summed E-state index contributed by atoms with van der Waals surface area (Å²) < 4.78 is 1.83. The summed E-state index contributed by atoms with van der Waals surface area (Å²) in [5.74, 6) is 1.54. The van der Waals surface area contributed by atoms with E-state index in [2.05, 4.69) is 79.5 Å². The fourth-order valence-electron chi connectivity index (χ4n) is 3.14. The second kappa shape index (κ2) is 9.31. The average Bonchev–Trinajstić information content (AvgIpc) is 3.20. The van der Waals surface area contributed by atoms with E-state index in [1.54, 1.807) is 11.8 Å². The molecule has 1 aromatic heterocycles. The highest BCUT2D eigenvalue weighted by atomic mass is 32.2. The van der Waals surface area contributed by atoms with Gasteiger partial charge < -0.3 is 0 Å². The van der Waals surface area contributed by atoms with Crippen LogP contribution in [0.15, 0.2) is 95.2 Å². The van der Waals surface area contributed by atoms with Gasteiger partial charge in [0.2, 0.25) is 5.16 Å². The molecule has 4 nitrogen and oxygen atoms in total. The van der Waals surface area contributed by atoms with Crippen LogP contribution < -0.4 is 0 Å². The van der Waals surface area contributed by atoms with Gasteiger partial charge in [0.05, 0.1) is 6.21 Å². The number of hydrogen-bond donors (Lipinski definition) is 0. The Morgan fingerprint density at radius 2 is 1.48 bits per heavy atom. The van der Waals surface area contributed by atoms with Crippen LogP contribution in [0.5, 0.6) is 0 Å². The van der Waals surface area contributed by atoms with Crippen molar-refractivity contribution < 1.29 is 0 Å². The van der Waals surface area contributed by atoms with Crippen molar-refractivity contribution in [2.24, 2.45) is 5.10 Å². The van der Waals surface area contributed by atoms with Gasteiger partial charge in [-0.1, -0.05) is 117 Å². The van der Waals surface area contributed by atoms with Crippen LogP contribution in [-0.4, -0.2) is 21.1 Å². The zero-order valence-corrected chi connectivity index (χ0v) is 18.9. The van der Waals surface area contributed by atoms with Crippen molar-refractivity contribution in [1.29, 1.82) is 0 Å². The monoisotopic (exact) mass is 426 g/mol. The van der Waals surface area contributed by atoms with E-state index in [9.17, 15) is 0 Å². The number of benzene rings is 3. The van der Waals surface area contributed by atoms with Crippen LogP contribution in [-0.2, 0) is 11.2 Å². The maximum absolute atomic E-state index is 4.76. The molecule has 5 heteroatoms. The maximum atomic E-state index is 4.76. The molecule has 156 valence electrons. The lowest BCUT2D eigenvalue weighted by Gasteiger charge is -2.18. The van der Waals surface area contributed by atoms with E-state index in [0.717, 1.165) is 27.9 Å². The summed E-state index contributed by atoms with van der Waals surface area (Å²) in [7, 11) is 0. The Labute approximate surface area is 188 Å². The van der Waals surface area contributed by atoms with Crippen molar-refractivity contribution in [2.75, 3.05) is 0 Å². The number of aromatic nitrogens is 3. The predicted molar refractivity (Wildman–Crippen MR) is 130 cm³/mol. The van der Waals surface area contributed by atoms with E-state index in [0.29, 0.717) is 0 Å². The van der Waals surface area contributed by atoms with Crippen LogP contribution >= 0.6 is 11.8 Å². The summed E-state index contributed by atoms with van der Waals surface area (Å²) in [5, 5.41) is 14.4. The highest BCUT2D eigenvalue weighted by molar-refractivity contribution is 7.98. The van der Waals surface area contributed by atoms with Gasteiger partial charge in [-0.2, -0.15) is 9.78 Å². The lowest BCUT2D eigenvalue weighted by atomic mass is 9.87. The van der Waals surface area contributed by atoms with Crippen molar-refractivity contribution in [3.05, 3.63) is 102 Å². The standard InChI is InChI=1S/C26H26N4S/c1-26(2,3)23-16-14-20(15-17-23)18-27-30-24(22-12-8-5-9-13-22)28-29-25(30)31-19-21-10-6-4-7-11-21/h4-18H,19H2,1-3H3/b27-18-. The Hall–Kier alpha value is -3.18. The zero-order valence-electron chi connectivity index (χ0n) is 18.1. The second-order valence-electron chi connectivity index (χ2n) is 8.37. The first-order chi connectivity index (χ1) is 15.0. The third-order valence-corrected chi connectivity index (χ3v) is 5.94. The molecule has 0 saturated carbocycles. The minimum Gasteiger partial charge on any atom is -0.187 e. The lowest BCUT2D eigenvalue weighted by molar-refractivity contribution is 0.590. The molecule has 0 aliphatic rings. The SMILES string of the molecule is CC(C)(C)c1ccc(/C=N\n2c(SCc3ccccc3)nnc2-c2ccccc2)cc1. The Morgan fingerprint density at radius 3 is 2.13 bits per heavy atom. The van der Waals surface area contributed by atoms with Crippen molar-refractivity contribution in [3.63, 3.8) is 0 Å². The van der Waals surface area contributed by atoms with Gasteiger partial charge in [0.25, 0.3) is 0 Å². The van der Waals surface area contributed by atoms with E-state index < -0.39 is 0 Å².